The Morgan fingerprint density at radius 1 is 1.10 bits per heavy atom. The number of halogens is 1. The van der Waals surface area contributed by atoms with Crippen molar-refractivity contribution in [3.8, 4) is 5.75 Å². The van der Waals surface area contributed by atoms with Crippen LogP contribution in [0.15, 0.2) is 45.6 Å². The number of fused-ring (bicyclic) bond motifs is 1. The fourth-order valence-electron chi connectivity index (χ4n) is 3.17. The number of para-hydroxylation sites is 1. The lowest BCUT2D eigenvalue weighted by atomic mass is 10.1. The molecule has 0 unspecified atom stereocenters. The first-order valence-electron chi connectivity index (χ1n) is 9.62. The number of ether oxygens (including phenoxy) is 1. The quantitative estimate of drug-likeness (QED) is 0.586. The van der Waals surface area contributed by atoms with Gasteiger partial charge in [0, 0.05) is 30.3 Å². The largest absolute Gasteiger partial charge is 0.482 e. The van der Waals surface area contributed by atoms with Crippen molar-refractivity contribution in [3.05, 3.63) is 68.5 Å². The van der Waals surface area contributed by atoms with Crippen LogP contribution in [0.25, 0.3) is 11.0 Å². The maximum Gasteiger partial charge on any atom is 0.336 e. The third kappa shape index (κ3) is 5.24. The van der Waals surface area contributed by atoms with Gasteiger partial charge in [-0.05, 0) is 43.5 Å². The lowest BCUT2D eigenvalue weighted by molar-refractivity contribution is -0.135. The van der Waals surface area contributed by atoms with Gasteiger partial charge in [-0.1, -0.05) is 29.8 Å². The number of anilines is 1. The van der Waals surface area contributed by atoms with Crippen LogP contribution in [0.4, 0.5) is 5.69 Å². The average Bonchev–Trinajstić information content (AvgIpc) is 2.69. The van der Waals surface area contributed by atoms with E-state index < -0.39 is 11.5 Å². The summed E-state index contributed by atoms with van der Waals surface area (Å²) in [4.78, 5) is 37.6. The molecule has 31 heavy (non-hydrogen) atoms. The predicted molar refractivity (Wildman–Crippen MR) is 120 cm³/mol. The lowest BCUT2D eigenvalue weighted by Gasteiger charge is -2.18. The van der Waals surface area contributed by atoms with E-state index in [-0.39, 0.29) is 29.8 Å². The summed E-state index contributed by atoms with van der Waals surface area (Å²) in [5.74, 6) is -0.502. The summed E-state index contributed by atoms with van der Waals surface area (Å²) in [6.45, 7) is 5.13. The molecule has 3 aromatic rings. The minimum atomic E-state index is -0.482. The zero-order chi connectivity index (χ0) is 22.7. The molecule has 0 spiro atoms. The molecule has 0 bridgehead atoms. The van der Waals surface area contributed by atoms with Crippen LogP contribution >= 0.6 is 11.6 Å². The van der Waals surface area contributed by atoms with Gasteiger partial charge in [0.1, 0.15) is 11.3 Å². The maximum absolute atomic E-state index is 12.4. The monoisotopic (exact) mass is 442 g/mol. The highest BCUT2D eigenvalue weighted by atomic mass is 35.5. The average molecular weight is 443 g/mol. The second-order valence-electron chi connectivity index (χ2n) is 7.38. The molecule has 162 valence electrons. The Morgan fingerprint density at radius 3 is 2.45 bits per heavy atom. The zero-order valence-corrected chi connectivity index (χ0v) is 18.5. The highest BCUT2D eigenvalue weighted by Crippen LogP contribution is 2.31. The number of nitrogens with zero attached hydrogens (tertiary/aromatic N) is 1. The van der Waals surface area contributed by atoms with Gasteiger partial charge >= 0.3 is 5.63 Å². The van der Waals surface area contributed by atoms with Crippen molar-refractivity contribution < 1.29 is 18.7 Å². The molecule has 3 rings (SSSR count). The van der Waals surface area contributed by atoms with Gasteiger partial charge in [0.05, 0.1) is 11.6 Å². The normalized spacial score (nSPS) is 10.7. The SMILES string of the molecule is Cc1cccc(C)c1NC(=O)CN(C)C(=O)COc1cc2oc(=O)cc(C)c2cc1Cl. The summed E-state index contributed by atoms with van der Waals surface area (Å²) in [5, 5.41) is 3.81. The van der Waals surface area contributed by atoms with E-state index in [0.717, 1.165) is 22.4 Å². The Labute approximate surface area is 184 Å². The van der Waals surface area contributed by atoms with E-state index in [0.29, 0.717) is 11.0 Å². The number of carbonyl (C=O) groups excluding carboxylic acids is 2. The molecule has 0 aliphatic carbocycles. The van der Waals surface area contributed by atoms with E-state index >= 15 is 0 Å². The molecule has 0 atom stereocenters. The Balaban J connectivity index is 1.63. The van der Waals surface area contributed by atoms with Gasteiger partial charge in [0.25, 0.3) is 5.91 Å². The molecule has 0 saturated carbocycles. The van der Waals surface area contributed by atoms with Crippen LogP contribution in [0.1, 0.15) is 16.7 Å². The van der Waals surface area contributed by atoms with Crippen molar-refractivity contribution in [1.29, 1.82) is 0 Å². The third-order valence-corrected chi connectivity index (χ3v) is 5.20. The molecule has 2 amide bonds. The highest BCUT2D eigenvalue weighted by molar-refractivity contribution is 6.32. The van der Waals surface area contributed by atoms with E-state index in [4.69, 9.17) is 20.8 Å². The number of rotatable bonds is 6. The summed E-state index contributed by atoms with van der Waals surface area (Å²) in [6.07, 6.45) is 0. The van der Waals surface area contributed by atoms with Crippen molar-refractivity contribution in [3.63, 3.8) is 0 Å². The second-order valence-corrected chi connectivity index (χ2v) is 7.79. The minimum Gasteiger partial charge on any atom is -0.482 e. The summed E-state index contributed by atoms with van der Waals surface area (Å²) in [7, 11) is 1.51. The number of aryl methyl sites for hydroxylation is 3. The molecule has 1 aromatic heterocycles. The van der Waals surface area contributed by atoms with E-state index in [9.17, 15) is 14.4 Å². The number of hydrogen-bond acceptors (Lipinski definition) is 5. The highest BCUT2D eigenvalue weighted by Gasteiger charge is 2.16. The molecule has 0 aliphatic heterocycles. The Kier molecular flexibility index (Phi) is 6.65. The fraction of sp³-hybridized carbons (Fsp3) is 0.261. The van der Waals surface area contributed by atoms with Crippen molar-refractivity contribution in [2.45, 2.75) is 20.8 Å². The zero-order valence-electron chi connectivity index (χ0n) is 17.7. The van der Waals surface area contributed by atoms with E-state index in [2.05, 4.69) is 5.32 Å². The van der Waals surface area contributed by atoms with Crippen LogP contribution < -0.4 is 15.7 Å². The van der Waals surface area contributed by atoms with Gasteiger partial charge in [0.15, 0.2) is 6.61 Å². The van der Waals surface area contributed by atoms with Crippen LogP contribution in [0.2, 0.25) is 5.02 Å². The Morgan fingerprint density at radius 2 is 1.77 bits per heavy atom. The van der Waals surface area contributed by atoms with Gasteiger partial charge in [-0.2, -0.15) is 0 Å². The molecule has 0 fully saturated rings. The van der Waals surface area contributed by atoms with E-state index in [1.54, 1.807) is 13.0 Å². The van der Waals surface area contributed by atoms with Crippen molar-refractivity contribution in [2.75, 3.05) is 25.5 Å². The minimum absolute atomic E-state index is 0.129. The smallest absolute Gasteiger partial charge is 0.336 e. The molecular weight excluding hydrogens is 420 g/mol. The lowest BCUT2D eigenvalue weighted by Crippen LogP contribution is -2.37. The summed E-state index contributed by atoms with van der Waals surface area (Å²) >= 11 is 6.25. The van der Waals surface area contributed by atoms with Crippen LogP contribution in [0, 0.1) is 20.8 Å². The molecule has 2 aromatic carbocycles. The van der Waals surface area contributed by atoms with Crippen LogP contribution in [-0.2, 0) is 9.59 Å². The van der Waals surface area contributed by atoms with Crippen molar-refractivity contribution >= 4 is 40.1 Å². The van der Waals surface area contributed by atoms with Crippen LogP contribution in [-0.4, -0.2) is 36.9 Å². The first-order chi connectivity index (χ1) is 14.7. The first kappa shape index (κ1) is 22.4. The van der Waals surface area contributed by atoms with Crippen LogP contribution in [0.5, 0.6) is 5.75 Å². The Hall–Kier alpha value is -3.32. The first-order valence-corrected chi connectivity index (χ1v) is 10.0. The van der Waals surface area contributed by atoms with Crippen molar-refractivity contribution in [1.82, 2.24) is 4.90 Å². The number of amides is 2. The maximum atomic E-state index is 12.4. The summed E-state index contributed by atoms with van der Waals surface area (Å²) in [6, 6.07) is 10.2. The molecule has 0 saturated heterocycles. The summed E-state index contributed by atoms with van der Waals surface area (Å²) < 4.78 is 10.7. The predicted octanol–water partition coefficient (Wildman–Crippen LogP) is 3.85. The summed E-state index contributed by atoms with van der Waals surface area (Å²) in [5.41, 5.74) is 3.19. The Bertz CT molecular complexity index is 1200. The standard InChI is InChI=1S/C23H23ClN2O5/c1-13-6-5-7-14(2)23(13)25-20(27)11-26(4)21(28)12-30-19-10-18-16(9-17(19)24)15(3)8-22(29)31-18/h5-10H,11-12H2,1-4H3,(H,25,27). The van der Waals surface area contributed by atoms with E-state index in [1.807, 2.05) is 32.0 Å². The topological polar surface area (TPSA) is 88.8 Å². The molecule has 1 heterocycles. The molecule has 7 nitrogen and oxygen atoms in total. The number of nitrogens with one attached hydrogen (secondary N) is 1. The molecular formula is C23H23ClN2O5. The van der Waals surface area contributed by atoms with Crippen molar-refractivity contribution in [2.24, 2.45) is 0 Å². The van der Waals surface area contributed by atoms with Gasteiger partial charge in [-0.3, -0.25) is 9.59 Å². The molecule has 0 radical (unpaired) electrons. The number of likely N-dealkylation sites (N-methyl/N-ethyl adjacent to an activating group) is 1. The van der Waals surface area contributed by atoms with Gasteiger partial charge in [-0.25, -0.2) is 4.79 Å². The van der Waals surface area contributed by atoms with Gasteiger partial charge in [-0.15, -0.1) is 0 Å². The molecule has 8 heteroatoms. The number of benzene rings is 2. The number of hydrogen-bond donors (Lipinski definition) is 1. The second kappa shape index (κ2) is 9.22. The molecule has 1 N–H and O–H groups in total. The van der Waals surface area contributed by atoms with Gasteiger partial charge < -0.3 is 19.4 Å². The van der Waals surface area contributed by atoms with Gasteiger partial charge in [0.2, 0.25) is 5.91 Å². The fourth-order valence-corrected chi connectivity index (χ4v) is 3.39. The van der Waals surface area contributed by atoms with E-state index in [1.165, 1.54) is 24.1 Å². The number of carbonyl (C=O) groups is 2. The third-order valence-electron chi connectivity index (χ3n) is 4.91. The van der Waals surface area contributed by atoms with Crippen LogP contribution in [0.3, 0.4) is 0 Å². The molecule has 0 aliphatic rings.